The second-order valence-corrected chi connectivity index (χ2v) is 6.67. The summed E-state index contributed by atoms with van der Waals surface area (Å²) < 4.78 is 0. The Kier molecular flexibility index (Phi) is 7.90. The molecule has 1 aromatic rings. The average molecular weight is 300 g/mol. The van der Waals surface area contributed by atoms with E-state index < -0.39 is 0 Å². The van der Waals surface area contributed by atoms with E-state index in [0.717, 1.165) is 30.5 Å². The Morgan fingerprint density at radius 3 is 2.84 bits per heavy atom. The maximum Gasteiger partial charge on any atom is 0.191 e. The van der Waals surface area contributed by atoms with Gasteiger partial charge in [0.1, 0.15) is 5.01 Å². The number of thioether (sulfide) groups is 1. The molecule has 0 aliphatic heterocycles. The molecule has 0 bridgehead atoms. The highest BCUT2D eigenvalue weighted by molar-refractivity contribution is 7.99. The van der Waals surface area contributed by atoms with Gasteiger partial charge in [0.15, 0.2) is 5.96 Å². The highest BCUT2D eigenvalue weighted by Gasteiger charge is 2.03. The van der Waals surface area contributed by atoms with Crippen molar-refractivity contribution in [1.29, 1.82) is 0 Å². The third-order valence-electron chi connectivity index (χ3n) is 2.63. The zero-order valence-electron chi connectivity index (χ0n) is 12.2. The summed E-state index contributed by atoms with van der Waals surface area (Å²) in [7, 11) is 0. The van der Waals surface area contributed by atoms with E-state index in [1.54, 1.807) is 11.3 Å². The van der Waals surface area contributed by atoms with E-state index in [1.807, 2.05) is 18.0 Å². The lowest BCUT2D eigenvalue weighted by atomic mass is 10.4. The molecule has 6 heteroatoms. The number of aryl methyl sites for hydroxylation is 1. The maximum atomic E-state index is 4.57. The van der Waals surface area contributed by atoms with Gasteiger partial charge in [0, 0.05) is 29.4 Å². The number of aromatic nitrogens is 1. The van der Waals surface area contributed by atoms with Crippen molar-refractivity contribution in [2.24, 2.45) is 4.99 Å². The minimum atomic E-state index is 0.579. The first-order valence-electron chi connectivity index (χ1n) is 6.68. The molecule has 1 atom stereocenters. The zero-order valence-corrected chi connectivity index (χ0v) is 13.8. The Morgan fingerprint density at radius 2 is 2.26 bits per heavy atom. The van der Waals surface area contributed by atoms with Crippen LogP contribution in [0.5, 0.6) is 0 Å². The second-order valence-electron chi connectivity index (χ2n) is 4.20. The molecule has 0 fully saturated rings. The molecule has 0 aliphatic carbocycles. The van der Waals surface area contributed by atoms with Gasteiger partial charge in [-0.05, 0) is 19.6 Å². The maximum absolute atomic E-state index is 4.57. The van der Waals surface area contributed by atoms with Crippen LogP contribution < -0.4 is 10.6 Å². The molecule has 2 N–H and O–H groups in total. The molecule has 0 aliphatic rings. The molecule has 1 aromatic heterocycles. The summed E-state index contributed by atoms with van der Waals surface area (Å²) in [6.07, 6.45) is 5.12. The van der Waals surface area contributed by atoms with Gasteiger partial charge in [-0.15, -0.1) is 11.3 Å². The summed E-state index contributed by atoms with van der Waals surface area (Å²) in [6.45, 7) is 8.87. The van der Waals surface area contributed by atoms with Crippen LogP contribution >= 0.6 is 23.1 Å². The van der Waals surface area contributed by atoms with E-state index >= 15 is 0 Å². The molecular weight excluding hydrogens is 276 g/mol. The van der Waals surface area contributed by atoms with Gasteiger partial charge < -0.3 is 10.6 Å². The number of guanidine groups is 1. The Morgan fingerprint density at radius 1 is 1.47 bits per heavy atom. The summed E-state index contributed by atoms with van der Waals surface area (Å²) in [5, 5.41) is 8.27. The monoisotopic (exact) mass is 300 g/mol. The minimum absolute atomic E-state index is 0.579. The van der Waals surface area contributed by atoms with Crippen LogP contribution in [-0.2, 0) is 13.0 Å². The van der Waals surface area contributed by atoms with Crippen molar-refractivity contribution < 1.29 is 0 Å². The molecule has 108 valence electrons. The number of aliphatic imine (C=N–C) groups is 1. The Hall–Kier alpha value is -0.750. The van der Waals surface area contributed by atoms with Crippen LogP contribution in [0.2, 0.25) is 0 Å². The summed E-state index contributed by atoms with van der Waals surface area (Å²) in [5.74, 6) is 0.872. The number of thiazole rings is 1. The number of hydrogen-bond donors (Lipinski definition) is 2. The van der Waals surface area contributed by atoms with Gasteiger partial charge in [0.05, 0.1) is 6.54 Å². The van der Waals surface area contributed by atoms with Crippen LogP contribution in [0.3, 0.4) is 0 Å². The Balaban J connectivity index is 2.51. The van der Waals surface area contributed by atoms with E-state index in [1.165, 1.54) is 4.88 Å². The van der Waals surface area contributed by atoms with Gasteiger partial charge in [-0.25, -0.2) is 9.98 Å². The Labute approximate surface area is 124 Å². The lowest BCUT2D eigenvalue weighted by molar-refractivity contribution is 0.795. The first-order valence-corrected chi connectivity index (χ1v) is 8.78. The van der Waals surface area contributed by atoms with Crippen LogP contribution in [0.15, 0.2) is 11.2 Å². The van der Waals surface area contributed by atoms with Gasteiger partial charge in [0.2, 0.25) is 0 Å². The fourth-order valence-electron chi connectivity index (χ4n) is 1.40. The fourth-order valence-corrected chi connectivity index (χ4v) is 2.43. The molecule has 1 unspecified atom stereocenters. The SMILES string of the molecule is CCNC(=NCc1ncc(CC)s1)NCC(C)SC. The average Bonchev–Trinajstić information content (AvgIpc) is 2.89. The van der Waals surface area contributed by atoms with Crippen molar-refractivity contribution in [1.82, 2.24) is 15.6 Å². The lowest BCUT2D eigenvalue weighted by Crippen LogP contribution is -2.40. The molecule has 0 saturated carbocycles. The molecule has 0 aromatic carbocycles. The smallest absolute Gasteiger partial charge is 0.191 e. The normalized spacial score (nSPS) is 13.4. The van der Waals surface area contributed by atoms with Gasteiger partial charge in [-0.1, -0.05) is 13.8 Å². The van der Waals surface area contributed by atoms with Gasteiger partial charge in [0.25, 0.3) is 0 Å². The largest absolute Gasteiger partial charge is 0.357 e. The molecule has 0 amide bonds. The molecule has 19 heavy (non-hydrogen) atoms. The van der Waals surface area contributed by atoms with E-state index in [9.17, 15) is 0 Å². The molecular formula is C13H24N4S2. The highest BCUT2D eigenvalue weighted by Crippen LogP contribution is 2.13. The standard InChI is InChI=1S/C13H24N4S2/c1-5-11-8-15-12(19-11)9-17-13(14-6-2)16-7-10(3)18-4/h8,10H,5-7,9H2,1-4H3,(H2,14,16,17). The number of nitrogens with one attached hydrogen (secondary N) is 2. The molecule has 1 rings (SSSR count). The number of rotatable bonds is 7. The van der Waals surface area contributed by atoms with Crippen LogP contribution in [-0.4, -0.2) is 35.5 Å². The summed E-state index contributed by atoms with van der Waals surface area (Å²) in [4.78, 5) is 10.3. The lowest BCUT2D eigenvalue weighted by Gasteiger charge is -2.13. The van der Waals surface area contributed by atoms with Crippen molar-refractivity contribution in [3.05, 3.63) is 16.1 Å². The summed E-state index contributed by atoms with van der Waals surface area (Å²) >= 11 is 3.59. The predicted octanol–water partition coefficient (Wildman–Crippen LogP) is 2.51. The Bertz CT molecular complexity index is 390. The van der Waals surface area contributed by atoms with Crippen molar-refractivity contribution in [3.63, 3.8) is 0 Å². The van der Waals surface area contributed by atoms with Crippen LogP contribution in [0.25, 0.3) is 0 Å². The van der Waals surface area contributed by atoms with E-state index in [4.69, 9.17) is 0 Å². The highest BCUT2D eigenvalue weighted by atomic mass is 32.2. The van der Waals surface area contributed by atoms with Gasteiger partial charge in [-0.3, -0.25) is 0 Å². The predicted molar refractivity (Wildman–Crippen MR) is 87.3 cm³/mol. The van der Waals surface area contributed by atoms with Crippen LogP contribution in [0.1, 0.15) is 30.7 Å². The fraction of sp³-hybridized carbons (Fsp3) is 0.692. The first kappa shape index (κ1) is 16.3. The van der Waals surface area contributed by atoms with Crippen LogP contribution in [0.4, 0.5) is 0 Å². The first-order chi connectivity index (χ1) is 9.19. The molecule has 0 spiro atoms. The summed E-state index contributed by atoms with van der Waals surface area (Å²) in [6, 6.07) is 0. The van der Waals surface area contributed by atoms with E-state index in [-0.39, 0.29) is 0 Å². The summed E-state index contributed by atoms with van der Waals surface area (Å²) in [5.41, 5.74) is 0. The van der Waals surface area contributed by atoms with Crippen molar-refractivity contribution in [2.75, 3.05) is 19.3 Å². The topological polar surface area (TPSA) is 49.3 Å². The number of hydrogen-bond acceptors (Lipinski definition) is 4. The van der Waals surface area contributed by atoms with Crippen molar-refractivity contribution in [3.8, 4) is 0 Å². The molecule has 0 radical (unpaired) electrons. The van der Waals surface area contributed by atoms with Gasteiger partial charge in [-0.2, -0.15) is 11.8 Å². The van der Waals surface area contributed by atoms with Crippen LogP contribution in [0, 0.1) is 0 Å². The molecule has 4 nitrogen and oxygen atoms in total. The second kappa shape index (κ2) is 9.20. The quantitative estimate of drug-likeness (QED) is 0.600. The minimum Gasteiger partial charge on any atom is -0.357 e. The zero-order chi connectivity index (χ0) is 14.1. The van der Waals surface area contributed by atoms with E-state index in [0.29, 0.717) is 11.8 Å². The van der Waals surface area contributed by atoms with E-state index in [2.05, 4.69) is 47.6 Å². The molecule has 1 heterocycles. The van der Waals surface area contributed by atoms with Crippen molar-refractivity contribution in [2.45, 2.75) is 39.0 Å². The third kappa shape index (κ3) is 6.29. The van der Waals surface area contributed by atoms with Crippen molar-refractivity contribution >= 4 is 29.1 Å². The molecule has 0 saturated heterocycles. The number of nitrogens with zero attached hydrogens (tertiary/aromatic N) is 2. The third-order valence-corrected chi connectivity index (χ3v) is 4.72. The van der Waals surface area contributed by atoms with Gasteiger partial charge >= 0.3 is 0 Å².